The lowest BCUT2D eigenvalue weighted by Crippen LogP contribution is -2.43. The van der Waals surface area contributed by atoms with Gasteiger partial charge in [0.2, 0.25) is 0 Å². The molecule has 0 radical (unpaired) electrons. The predicted molar refractivity (Wildman–Crippen MR) is 164 cm³/mol. The highest BCUT2D eigenvalue weighted by molar-refractivity contribution is 6.02. The minimum Gasteiger partial charge on any atom is -0.508 e. The maximum absolute atomic E-state index is 16.7. The molecule has 0 spiro atoms. The maximum Gasteiger partial charge on any atom is 0.319 e. The Morgan fingerprint density at radius 3 is 2.91 bits per heavy atom. The summed E-state index contributed by atoms with van der Waals surface area (Å²) < 4.78 is 37.4. The number of ether oxygens (including phenoxy) is 1. The molecule has 2 aromatic carbocycles. The first-order valence-corrected chi connectivity index (χ1v) is 15.0. The molecule has 0 saturated carbocycles. The molecule has 3 aliphatic rings. The van der Waals surface area contributed by atoms with Crippen molar-refractivity contribution in [3.8, 4) is 41.4 Å². The molecule has 10 heteroatoms. The number of halogens is 2. The normalized spacial score (nSPS) is 24.9. The van der Waals surface area contributed by atoms with Gasteiger partial charge in [-0.05, 0) is 54.8 Å². The fourth-order valence-electron chi connectivity index (χ4n) is 7.42. The van der Waals surface area contributed by atoms with Crippen molar-refractivity contribution in [2.75, 3.05) is 37.7 Å². The second-order valence-corrected chi connectivity index (χ2v) is 12.7. The van der Waals surface area contributed by atoms with E-state index in [1.54, 1.807) is 30.5 Å². The number of aromatic hydroxyl groups is 1. The first-order chi connectivity index (χ1) is 21.2. The second kappa shape index (κ2) is 10.6. The van der Waals surface area contributed by atoms with Crippen molar-refractivity contribution in [3.63, 3.8) is 0 Å². The van der Waals surface area contributed by atoms with Crippen LogP contribution in [-0.4, -0.2) is 69.5 Å². The minimum atomic E-state index is -0.912. The standard InChI is InChI=1S/C34H32F2N6O2/c1-3-21-6-4-7-22-14-24(43)15-25(27(21)22)29-28(36)30-26(17-38-29)31(41-13-10-33(2,19-41)9-11-37)40-32(39-30)44-20-34-8-5-12-42(34)18-23(35)16-34/h1,4,6-7,14-15,17,23,43H,5,8-10,12-13,16,18-20H2,2H3/t23-,33-,34+/m1/s1. The Kier molecular flexibility index (Phi) is 6.78. The van der Waals surface area contributed by atoms with Crippen LogP contribution in [0.25, 0.3) is 32.9 Å². The molecule has 3 fully saturated rings. The van der Waals surface area contributed by atoms with Crippen LogP contribution in [0.5, 0.6) is 11.8 Å². The van der Waals surface area contributed by atoms with Gasteiger partial charge in [0.25, 0.3) is 0 Å². The lowest BCUT2D eigenvalue weighted by atomic mass is 9.87. The number of alkyl halides is 1. The Morgan fingerprint density at radius 1 is 1.23 bits per heavy atom. The molecule has 0 unspecified atom stereocenters. The number of nitriles is 1. The zero-order valence-corrected chi connectivity index (χ0v) is 24.5. The van der Waals surface area contributed by atoms with Crippen LogP contribution in [0.3, 0.4) is 0 Å². The Hall–Kier alpha value is -4.54. The van der Waals surface area contributed by atoms with Crippen molar-refractivity contribution < 1.29 is 18.6 Å². The number of pyridine rings is 1. The molecule has 3 atom stereocenters. The number of nitrogens with zero attached hydrogens (tertiary/aromatic N) is 6. The van der Waals surface area contributed by atoms with E-state index in [1.807, 2.05) is 4.90 Å². The van der Waals surface area contributed by atoms with Crippen LogP contribution in [0.2, 0.25) is 0 Å². The highest BCUT2D eigenvalue weighted by Crippen LogP contribution is 2.43. The van der Waals surface area contributed by atoms with Gasteiger partial charge in [-0.3, -0.25) is 9.88 Å². The average molecular weight is 595 g/mol. The molecule has 8 nitrogen and oxygen atoms in total. The van der Waals surface area contributed by atoms with Crippen molar-refractivity contribution in [2.45, 2.75) is 50.7 Å². The largest absolute Gasteiger partial charge is 0.508 e. The van der Waals surface area contributed by atoms with E-state index in [4.69, 9.17) is 16.1 Å². The molecule has 224 valence electrons. The van der Waals surface area contributed by atoms with Crippen LogP contribution in [0.1, 0.15) is 44.6 Å². The third kappa shape index (κ3) is 4.65. The van der Waals surface area contributed by atoms with Gasteiger partial charge in [-0.15, -0.1) is 6.42 Å². The number of phenolic OH excluding ortho intramolecular Hbond substituents is 1. The number of anilines is 1. The van der Waals surface area contributed by atoms with E-state index in [-0.39, 0.29) is 35.0 Å². The fourth-order valence-corrected chi connectivity index (χ4v) is 7.42. The van der Waals surface area contributed by atoms with E-state index in [0.29, 0.717) is 65.6 Å². The Balaban J connectivity index is 1.36. The molecule has 3 aliphatic heterocycles. The van der Waals surface area contributed by atoms with E-state index in [9.17, 15) is 14.8 Å². The van der Waals surface area contributed by atoms with Gasteiger partial charge < -0.3 is 14.7 Å². The van der Waals surface area contributed by atoms with Gasteiger partial charge >= 0.3 is 6.01 Å². The monoisotopic (exact) mass is 594 g/mol. The molecule has 7 rings (SSSR count). The third-order valence-corrected chi connectivity index (χ3v) is 9.61. The molecule has 0 bridgehead atoms. The van der Waals surface area contributed by atoms with Gasteiger partial charge in [0.05, 0.1) is 17.0 Å². The average Bonchev–Trinajstić information content (AvgIpc) is 3.67. The van der Waals surface area contributed by atoms with Crippen molar-refractivity contribution in [1.29, 1.82) is 5.26 Å². The maximum atomic E-state index is 16.7. The second-order valence-electron chi connectivity index (χ2n) is 12.7. The summed E-state index contributed by atoms with van der Waals surface area (Å²) in [6.07, 6.45) is 9.76. The Labute approximate surface area is 254 Å². The minimum absolute atomic E-state index is 0.00560. The fraction of sp³-hybridized carbons (Fsp3) is 0.412. The number of fused-ring (bicyclic) bond motifs is 3. The van der Waals surface area contributed by atoms with Gasteiger partial charge in [-0.2, -0.15) is 15.2 Å². The molecule has 0 amide bonds. The third-order valence-electron chi connectivity index (χ3n) is 9.61. The topological polar surface area (TPSA) is 98.4 Å². The summed E-state index contributed by atoms with van der Waals surface area (Å²) >= 11 is 0. The SMILES string of the molecule is C#Cc1cccc2cc(O)cc(-c3ncc4c(N5CC[C@@](C)(CC#N)C5)nc(OC[C@@]56CCCN5C[C@H](F)C6)nc4c3F)c12. The number of phenols is 1. The van der Waals surface area contributed by atoms with Gasteiger partial charge in [0, 0.05) is 55.2 Å². The summed E-state index contributed by atoms with van der Waals surface area (Å²) in [6, 6.07) is 10.7. The Morgan fingerprint density at radius 2 is 2.09 bits per heavy atom. The summed E-state index contributed by atoms with van der Waals surface area (Å²) in [6.45, 7) is 4.65. The molecular formula is C34H32F2N6O2. The molecule has 0 aliphatic carbocycles. The van der Waals surface area contributed by atoms with Crippen molar-refractivity contribution in [1.82, 2.24) is 19.9 Å². The number of hydrogen-bond donors (Lipinski definition) is 1. The van der Waals surface area contributed by atoms with Crippen LogP contribution in [-0.2, 0) is 0 Å². The Bertz CT molecular complexity index is 1890. The first kappa shape index (κ1) is 28.2. The van der Waals surface area contributed by atoms with Crippen LogP contribution in [0.4, 0.5) is 14.6 Å². The molecule has 3 saturated heterocycles. The zero-order chi connectivity index (χ0) is 30.6. The summed E-state index contributed by atoms with van der Waals surface area (Å²) in [5, 5.41) is 21.6. The van der Waals surface area contributed by atoms with Crippen LogP contribution >= 0.6 is 0 Å². The first-order valence-electron chi connectivity index (χ1n) is 15.0. The summed E-state index contributed by atoms with van der Waals surface area (Å²) in [5.41, 5.74) is 0.236. The molecule has 1 N–H and O–H groups in total. The molecular weight excluding hydrogens is 562 g/mol. The van der Waals surface area contributed by atoms with Gasteiger partial charge in [0.15, 0.2) is 5.82 Å². The van der Waals surface area contributed by atoms with Crippen LogP contribution in [0.15, 0.2) is 36.5 Å². The van der Waals surface area contributed by atoms with E-state index in [2.05, 4.69) is 33.8 Å². The number of aromatic nitrogens is 3. The quantitative estimate of drug-likeness (QED) is 0.282. The van der Waals surface area contributed by atoms with Gasteiger partial charge in [0.1, 0.15) is 35.6 Å². The van der Waals surface area contributed by atoms with Crippen molar-refractivity contribution in [3.05, 3.63) is 47.9 Å². The predicted octanol–water partition coefficient (Wildman–Crippen LogP) is 5.76. The lowest BCUT2D eigenvalue weighted by molar-refractivity contribution is 0.107. The van der Waals surface area contributed by atoms with E-state index >= 15 is 4.39 Å². The van der Waals surface area contributed by atoms with E-state index in [0.717, 1.165) is 25.8 Å². The lowest BCUT2D eigenvalue weighted by Gasteiger charge is -2.31. The molecule has 2 aromatic heterocycles. The van der Waals surface area contributed by atoms with E-state index < -0.39 is 17.5 Å². The van der Waals surface area contributed by atoms with Crippen LogP contribution in [0, 0.1) is 34.9 Å². The summed E-state index contributed by atoms with van der Waals surface area (Å²) in [5.74, 6) is 2.39. The highest BCUT2D eigenvalue weighted by Gasteiger charge is 2.49. The smallest absolute Gasteiger partial charge is 0.319 e. The molecule has 5 heterocycles. The van der Waals surface area contributed by atoms with Crippen LogP contribution < -0.4 is 9.64 Å². The van der Waals surface area contributed by atoms with Gasteiger partial charge in [-0.25, -0.2) is 8.78 Å². The summed E-state index contributed by atoms with van der Waals surface area (Å²) in [7, 11) is 0. The molecule has 44 heavy (non-hydrogen) atoms. The van der Waals surface area contributed by atoms with E-state index in [1.165, 1.54) is 6.07 Å². The number of benzene rings is 2. The van der Waals surface area contributed by atoms with Crippen molar-refractivity contribution in [2.24, 2.45) is 5.41 Å². The highest BCUT2D eigenvalue weighted by atomic mass is 19.1. The number of terminal acetylenes is 1. The summed E-state index contributed by atoms with van der Waals surface area (Å²) in [4.78, 5) is 18.0. The number of rotatable bonds is 6. The van der Waals surface area contributed by atoms with Gasteiger partial charge in [-0.1, -0.05) is 25.0 Å². The number of hydrogen-bond acceptors (Lipinski definition) is 8. The zero-order valence-electron chi connectivity index (χ0n) is 24.5. The molecule has 4 aromatic rings. The van der Waals surface area contributed by atoms with Crippen molar-refractivity contribution >= 4 is 27.5 Å².